The van der Waals surface area contributed by atoms with Crippen molar-refractivity contribution >= 4 is 23.2 Å². The molecule has 0 aliphatic carbocycles. The van der Waals surface area contributed by atoms with Crippen LogP contribution in [0.15, 0.2) is 36.4 Å². The number of hydrogen-bond acceptors (Lipinski definition) is 13. The van der Waals surface area contributed by atoms with Crippen molar-refractivity contribution in [2.24, 2.45) is 0 Å². The van der Waals surface area contributed by atoms with Crippen LogP contribution in [0.1, 0.15) is 75.8 Å². The van der Waals surface area contributed by atoms with E-state index in [-0.39, 0.29) is 12.0 Å². The number of hydrogen-bond donors (Lipinski definition) is 7. The highest BCUT2D eigenvalue weighted by atomic mass is 19.2. The molecule has 55 heavy (non-hydrogen) atoms. The molecule has 0 aromatic heterocycles. The second kappa shape index (κ2) is 22.3. The summed E-state index contributed by atoms with van der Waals surface area (Å²) >= 11 is 0. The number of non-ortho nitro benzene ring substituents is 1. The maximum absolute atomic E-state index is 13.3. The van der Waals surface area contributed by atoms with Gasteiger partial charge < -0.3 is 45.6 Å². The average molecular weight is 785 g/mol. The number of amides is 2. The van der Waals surface area contributed by atoms with Crippen LogP contribution in [0.2, 0.25) is 0 Å². The molecule has 17 nitrogen and oxygen atoms in total. The number of halogens is 2. The van der Waals surface area contributed by atoms with Gasteiger partial charge in [0.2, 0.25) is 11.8 Å². The van der Waals surface area contributed by atoms with E-state index >= 15 is 0 Å². The monoisotopic (exact) mass is 784 g/mol. The molecule has 2 amide bonds. The first kappa shape index (κ1) is 45.2. The van der Waals surface area contributed by atoms with E-state index in [9.17, 15) is 64.1 Å². The fourth-order valence-electron chi connectivity index (χ4n) is 6.07. The first-order valence-electron chi connectivity index (χ1n) is 18.2. The summed E-state index contributed by atoms with van der Waals surface area (Å²) in [6.07, 6.45) is -3.91. The maximum atomic E-state index is 13.3. The van der Waals surface area contributed by atoms with Crippen LogP contribution >= 0.6 is 0 Å². The Labute approximate surface area is 315 Å². The van der Waals surface area contributed by atoms with Crippen molar-refractivity contribution in [1.82, 2.24) is 10.6 Å². The SMILES string of the molecule is C[C@@H](O)[C@@H](O)[C@H](COC1OC(CNC(=O)Cc2ccc([N+](=O)[O-])cc2[N+](=O)[O-])C(O)C(O)C1O)NC(=O)CCCCCCCCCCc1ccc(F)c(F)c1. The Morgan fingerprint density at radius 1 is 0.855 bits per heavy atom. The Morgan fingerprint density at radius 2 is 1.51 bits per heavy atom. The lowest BCUT2D eigenvalue weighted by atomic mass is 9.98. The van der Waals surface area contributed by atoms with Gasteiger partial charge in [0.25, 0.3) is 11.4 Å². The summed E-state index contributed by atoms with van der Waals surface area (Å²) in [6.45, 7) is 0.338. The molecule has 0 bridgehead atoms. The summed E-state index contributed by atoms with van der Waals surface area (Å²) in [5.74, 6) is -2.92. The van der Waals surface area contributed by atoms with Gasteiger partial charge in [0.1, 0.15) is 30.5 Å². The third-order valence-electron chi connectivity index (χ3n) is 9.29. The van der Waals surface area contributed by atoms with E-state index in [1.807, 2.05) is 0 Å². The number of carbonyl (C=O) groups is 2. The van der Waals surface area contributed by atoms with Crippen LogP contribution in [0.4, 0.5) is 20.2 Å². The van der Waals surface area contributed by atoms with Crippen LogP contribution in [-0.2, 0) is 31.9 Å². The number of nitrogens with zero attached hydrogens (tertiary/aromatic N) is 2. The van der Waals surface area contributed by atoms with Gasteiger partial charge in [-0.15, -0.1) is 0 Å². The fourth-order valence-corrected chi connectivity index (χ4v) is 6.07. The largest absolute Gasteiger partial charge is 0.391 e. The van der Waals surface area contributed by atoms with E-state index < -0.39 is 113 Å². The summed E-state index contributed by atoms with van der Waals surface area (Å²) in [4.78, 5) is 46.0. The molecule has 1 saturated heterocycles. The summed E-state index contributed by atoms with van der Waals surface area (Å²) in [5.41, 5.74) is -0.546. The van der Waals surface area contributed by atoms with E-state index in [0.29, 0.717) is 12.8 Å². The molecule has 1 aliphatic rings. The lowest BCUT2D eigenvalue weighted by Gasteiger charge is -2.41. The molecule has 8 atom stereocenters. The van der Waals surface area contributed by atoms with E-state index in [1.54, 1.807) is 6.07 Å². The van der Waals surface area contributed by atoms with Crippen molar-refractivity contribution in [2.45, 2.75) is 127 Å². The van der Waals surface area contributed by atoms with E-state index in [2.05, 4.69) is 10.6 Å². The number of ether oxygens (including phenoxy) is 2. The number of aliphatic hydroxyl groups is 5. The minimum absolute atomic E-state index is 0.121. The molecule has 1 fully saturated rings. The smallest absolute Gasteiger partial charge is 0.279 e. The molecule has 1 aliphatic heterocycles. The van der Waals surface area contributed by atoms with Gasteiger partial charge >= 0.3 is 0 Å². The number of benzene rings is 2. The summed E-state index contributed by atoms with van der Waals surface area (Å²) in [6, 6.07) is 5.56. The second-order valence-electron chi connectivity index (χ2n) is 13.6. The van der Waals surface area contributed by atoms with Crippen LogP contribution in [0.5, 0.6) is 0 Å². The standard InChI is InChI=1S/C36H50F2N4O13/c1-21(43)32(46)27(40-30(44)11-9-7-5-3-2-4-6-8-10-22-12-15-25(37)26(38)16-22)20-54-36-35(49)34(48)33(47)29(55-36)19-39-31(45)17-23-13-14-24(41(50)51)18-28(23)42(52)53/h12-16,18,21,27,29,32-36,43,46-49H,2-11,17,19-20H2,1H3,(H,39,45)(H,40,44)/t21-,27+,29?,32-,33?,34?,35?,36?/m1/s1. The summed E-state index contributed by atoms with van der Waals surface area (Å²) in [7, 11) is 0. The van der Waals surface area contributed by atoms with Crippen molar-refractivity contribution in [1.29, 1.82) is 0 Å². The van der Waals surface area contributed by atoms with Crippen LogP contribution in [-0.4, -0.2) is 109 Å². The van der Waals surface area contributed by atoms with Crippen LogP contribution in [0.25, 0.3) is 0 Å². The van der Waals surface area contributed by atoms with Crippen molar-refractivity contribution < 1.29 is 63.2 Å². The quantitative estimate of drug-likeness (QED) is 0.0485. The molecule has 1 heterocycles. The van der Waals surface area contributed by atoms with Gasteiger partial charge in [-0.2, -0.15) is 0 Å². The predicted octanol–water partition coefficient (Wildman–Crippen LogP) is 2.24. The van der Waals surface area contributed by atoms with Crippen molar-refractivity contribution in [3.05, 3.63) is 79.4 Å². The third kappa shape index (κ3) is 14.4. The second-order valence-corrected chi connectivity index (χ2v) is 13.6. The molecule has 2 aromatic carbocycles. The summed E-state index contributed by atoms with van der Waals surface area (Å²) in [5, 5.41) is 79.4. The van der Waals surface area contributed by atoms with Gasteiger partial charge in [0.05, 0.1) is 41.1 Å². The molecular weight excluding hydrogens is 734 g/mol. The maximum Gasteiger partial charge on any atom is 0.279 e. The van der Waals surface area contributed by atoms with Crippen molar-refractivity contribution in [3.63, 3.8) is 0 Å². The number of rotatable bonds is 23. The highest BCUT2D eigenvalue weighted by Gasteiger charge is 2.45. The minimum atomic E-state index is -1.82. The molecule has 306 valence electrons. The lowest BCUT2D eigenvalue weighted by Crippen LogP contribution is -2.61. The molecule has 3 rings (SSSR count). The molecule has 5 unspecified atom stereocenters. The first-order valence-corrected chi connectivity index (χ1v) is 18.2. The molecule has 19 heteroatoms. The number of aryl methyl sites for hydroxylation is 1. The number of unbranched alkanes of at least 4 members (excludes halogenated alkanes) is 7. The van der Waals surface area contributed by atoms with Crippen LogP contribution in [0, 0.1) is 31.9 Å². The van der Waals surface area contributed by atoms with E-state index in [1.165, 1.54) is 13.0 Å². The lowest BCUT2D eigenvalue weighted by molar-refractivity contribution is -0.394. The van der Waals surface area contributed by atoms with Crippen molar-refractivity contribution in [3.8, 4) is 0 Å². The van der Waals surface area contributed by atoms with Gasteiger partial charge in [0.15, 0.2) is 17.9 Å². The predicted molar refractivity (Wildman–Crippen MR) is 190 cm³/mol. The number of aliphatic hydroxyl groups excluding tert-OH is 5. The third-order valence-corrected chi connectivity index (χ3v) is 9.29. The number of nitro groups is 2. The topological polar surface area (TPSA) is 264 Å². The minimum Gasteiger partial charge on any atom is -0.391 e. The highest BCUT2D eigenvalue weighted by Crippen LogP contribution is 2.26. The molecular formula is C36H50F2N4O13. The van der Waals surface area contributed by atoms with Gasteiger partial charge in [-0.05, 0) is 49.9 Å². The molecule has 0 spiro atoms. The Morgan fingerprint density at radius 3 is 2.13 bits per heavy atom. The van der Waals surface area contributed by atoms with E-state index in [4.69, 9.17) is 9.47 Å². The average Bonchev–Trinajstić information content (AvgIpc) is 3.14. The van der Waals surface area contributed by atoms with Crippen molar-refractivity contribution in [2.75, 3.05) is 13.2 Å². The Kier molecular flexibility index (Phi) is 18.3. The zero-order valence-corrected chi connectivity index (χ0v) is 30.4. The molecule has 0 saturated carbocycles. The molecule has 0 radical (unpaired) electrons. The van der Waals surface area contributed by atoms with Gasteiger partial charge in [-0.1, -0.05) is 44.6 Å². The Hall–Kier alpha value is -4.24. The highest BCUT2D eigenvalue weighted by molar-refractivity contribution is 5.80. The van der Waals surface area contributed by atoms with Gasteiger partial charge in [0, 0.05) is 24.6 Å². The number of carbonyl (C=O) groups excluding carboxylic acids is 2. The Balaban J connectivity index is 1.42. The zero-order chi connectivity index (χ0) is 40.7. The fraction of sp³-hybridized carbons (Fsp3) is 0.611. The first-order chi connectivity index (χ1) is 26.1. The van der Waals surface area contributed by atoms with Gasteiger partial charge in [-0.25, -0.2) is 8.78 Å². The molecule has 7 N–H and O–H groups in total. The summed E-state index contributed by atoms with van der Waals surface area (Å²) < 4.78 is 37.5. The van der Waals surface area contributed by atoms with Gasteiger partial charge in [-0.3, -0.25) is 29.8 Å². The van der Waals surface area contributed by atoms with Crippen LogP contribution < -0.4 is 10.6 Å². The van der Waals surface area contributed by atoms with Crippen LogP contribution in [0.3, 0.4) is 0 Å². The molecule has 2 aromatic rings. The number of nitrogens with one attached hydrogen (secondary N) is 2. The zero-order valence-electron chi connectivity index (χ0n) is 30.4. The van der Waals surface area contributed by atoms with E-state index in [0.717, 1.165) is 74.8 Å². The normalized spacial score (nSPS) is 21.3. The number of nitro benzene ring substituents is 2. The Bertz CT molecular complexity index is 1590.